The molecule has 0 bridgehead atoms. The van der Waals surface area contributed by atoms with E-state index >= 15 is 0 Å². The number of aromatic nitrogens is 1. The van der Waals surface area contributed by atoms with Gasteiger partial charge in [0.25, 0.3) is 0 Å². The van der Waals surface area contributed by atoms with Gasteiger partial charge in [0.2, 0.25) is 5.43 Å². The van der Waals surface area contributed by atoms with Crippen LogP contribution < -0.4 is 10.2 Å². The Morgan fingerprint density at radius 3 is 2.59 bits per heavy atom. The van der Waals surface area contributed by atoms with Crippen molar-refractivity contribution in [2.75, 3.05) is 7.11 Å². The molecule has 0 aliphatic heterocycles. The number of nitrogens with one attached hydrogen (secondary N) is 1. The molecule has 122 valence electrons. The van der Waals surface area contributed by atoms with Crippen LogP contribution in [0.1, 0.15) is 86.0 Å². The number of Topliss-reactive ketones (excluding diaryl/α,β-unsaturated/α-hetero) is 1. The van der Waals surface area contributed by atoms with Crippen molar-refractivity contribution >= 4 is 5.78 Å². The number of hydrogen-bond acceptors (Lipinski definition) is 3. The van der Waals surface area contributed by atoms with Gasteiger partial charge in [-0.25, -0.2) is 0 Å². The Kier molecular flexibility index (Phi) is 5.81. The number of carbonyl (C=O) groups excluding carboxylic acids is 1. The first kappa shape index (κ1) is 16.8. The van der Waals surface area contributed by atoms with Crippen LogP contribution in [0.25, 0.3) is 0 Å². The number of unbranched alkanes of at least 4 members (excludes halogenated alkanes) is 4. The number of aryl methyl sites for hydroxylation is 1. The second-order valence-electron chi connectivity index (χ2n) is 6.26. The Labute approximate surface area is 132 Å². The average Bonchev–Trinajstić information content (AvgIpc) is 2.50. The number of hydrogen-bond donors (Lipinski definition) is 1. The Morgan fingerprint density at radius 1 is 1.18 bits per heavy atom. The van der Waals surface area contributed by atoms with Crippen molar-refractivity contribution in [2.45, 2.75) is 71.1 Å². The minimum Gasteiger partial charge on any atom is -0.491 e. The van der Waals surface area contributed by atoms with Gasteiger partial charge >= 0.3 is 0 Å². The standard InChI is InChI=1S/C18H27NO3/c1-4-5-6-7-8-9-13-10-11-14(20)16-15(13)17(21)18(22-3)12(2)19-16/h13H,4-11H2,1-3H3,(H,19,21). The summed E-state index contributed by atoms with van der Waals surface area (Å²) in [4.78, 5) is 27.9. The Hall–Kier alpha value is -1.58. The highest BCUT2D eigenvalue weighted by Gasteiger charge is 2.30. The smallest absolute Gasteiger partial charge is 0.227 e. The third-order valence-corrected chi connectivity index (χ3v) is 4.64. The van der Waals surface area contributed by atoms with E-state index in [1.165, 1.54) is 32.8 Å². The van der Waals surface area contributed by atoms with Crippen molar-refractivity contribution in [2.24, 2.45) is 0 Å². The molecule has 22 heavy (non-hydrogen) atoms. The zero-order chi connectivity index (χ0) is 16.1. The van der Waals surface area contributed by atoms with Gasteiger partial charge in [-0.2, -0.15) is 0 Å². The second-order valence-corrected chi connectivity index (χ2v) is 6.26. The van der Waals surface area contributed by atoms with Gasteiger partial charge in [-0.15, -0.1) is 0 Å². The number of fused-ring (bicyclic) bond motifs is 1. The molecule has 1 aromatic heterocycles. The van der Waals surface area contributed by atoms with E-state index in [1.54, 1.807) is 6.92 Å². The van der Waals surface area contributed by atoms with Crippen LogP contribution in [-0.2, 0) is 0 Å². The lowest BCUT2D eigenvalue weighted by Crippen LogP contribution is -2.27. The van der Waals surface area contributed by atoms with E-state index in [0.717, 1.165) is 19.3 Å². The number of rotatable bonds is 7. The molecule has 1 aliphatic rings. The monoisotopic (exact) mass is 305 g/mol. The summed E-state index contributed by atoms with van der Waals surface area (Å²) in [6.45, 7) is 3.99. The summed E-state index contributed by atoms with van der Waals surface area (Å²) in [6.07, 6.45) is 8.39. The van der Waals surface area contributed by atoms with Gasteiger partial charge in [-0.05, 0) is 25.7 Å². The lowest BCUT2D eigenvalue weighted by molar-refractivity contribution is 0.0959. The summed E-state index contributed by atoms with van der Waals surface area (Å²) >= 11 is 0. The van der Waals surface area contributed by atoms with E-state index < -0.39 is 0 Å². The molecule has 1 unspecified atom stereocenters. The summed E-state index contributed by atoms with van der Waals surface area (Å²) in [6, 6.07) is 0. The highest BCUT2D eigenvalue weighted by molar-refractivity contribution is 5.97. The molecule has 2 rings (SSSR count). The zero-order valence-corrected chi connectivity index (χ0v) is 14.0. The largest absolute Gasteiger partial charge is 0.491 e. The summed E-state index contributed by atoms with van der Waals surface area (Å²) in [5, 5.41) is 0. The third-order valence-electron chi connectivity index (χ3n) is 4.64. The van der Waals surface area contributed by atoms with E-state index in [-0.39, 0.29) is 17.1 Å². The van der Waals surface area contributed by atoms with Gasteiger partial charge in [0, 0.05) is 12.0 Å². The van der Waals surface area contributed by atoms with Crippen LogP contribution in [0, 0.1) is 6.92 Å². The van der Waals surface area contributed by atoms with Crippen LogP contribution in [-0.4, -0.2) is 17.9 Å². The summed E-state index contributed by atoms with van der Waals surface area (Å²) in [5.74, 6) is 0.595. The molecule has 1 heterocycles. The van der Waals surface area contributed by atoms with Crippen molar-refractivity contribution in [3.05, 3.63) is 27.2 Å². The average molecular weight is 305 g/mol. The molecular formula is C18H27NO3. The fourth-order valence-electron chi connectivity index (χ4n) is 3.43. The van der Waals surface area contributed by atoms with Gasteiger partial charge in [0.15, 0.2) is 11.5 Å². The molecule has 0 saturated carbocycles. The van der Waals surface area contributed by atoms with Crippen LogP contribution >= 0.6 is 0 Å². The first-order chi connectivity index (χ1) is 10.6. The molecular weight excluding hydrogens is 278 g/mol. The second kappa shape index (κ2) is 7.61. The fraction of sp³-hybridized carbons (Fsp3) is 0.667. The maximum Gasteiger partial charge on any atom is 0.227 e. The summed E-state index contributed by atoms with van der Waals surface area (Å²) < 4.78 is 5.23. The van der Waals surface area contributed by atoms with E-state index in [0.29, 0.717) is 29.1 Å². The topological polar surface area (TPSA) is 59.2 Å². The number of methoxy groups -OCH3 is 1. The molecule has 0 spiro atoms. The number of ketones is 1. The third kappa shape index (κ3) is 3.42. The quantitative estimate of drug-likeness (QED) is 0.771. The van der Waals surface area contributed by atoms with Gasteiger partial charge in [0.05, 0.1) is 18.5 Å². The molecule has 0 aromatic carbocycles. The Balaban J connectivity index is 2.22. The van der Waals surface area contributed by atoms with E-state index in [4.69, 9.17) is 4.74 Å². The van der Waals surface area contributed by atoms with Gasteiger partial charge in [-0.3, -0.25) is 9.59 Å². The molecule has 0 amide bonds. The number of H-pyrrole nitrogens is 1. The van der Waals surface area contributed by atoms with Crippen LogP contribution in [0.15, 0.2) is 4.79 Å². The van der Waals surface area contributed by atoms with Crippen molar-refractivity contribution in [1.82, 2.24) is 4.98 Å². The van der Waals surface area contributed by atoms with Crippen molar-refractivity contribution in [3.63, 3.8) is 0 Å². The van der Waals surface area contributed by atoms with Crippen LogP contribution in [0.3, 0.4) is 0 Å². The predicted octanol–water partition coefficient (Wildman–Crippen LogP) is 4.11. The molecule has 4 nitrogen and oxygen atoms in total. The summed E-state index contributed by atoms with van der Waals surface area (Å²) in [7, 11) is 1.51. The zero-order valence-electron chi connectivity index (χ0n) is 14.0. The van der Waals surface area contributed by atoms with Crippen molar-refractivity contribution in [1.29, 1.82) is 0 Å². The molecule has 1 aliphatic carbocycles. The molecule has 4 heteroatoms. The maximum atomic E-state index is 12.7. The normalized spacial score (nSPS) is 17.4. The first-order valence-corrected chi connectivity index (χ1v) is 8.44. The lowest BCUT2D eigenvalue weighted by Gasteiger charge is -2.25. The SMILES string of the molecule is CCCCCCCC1CCC(=O)c2[nH]c(C)c(OC)c(=O)c21. The lowest BCUT2D eigenvalue weighted by atomic mass is 9.81. The van der Waals surface area contributed by atoms with E-state index in [2.05, 4.69) is 11.9 Å². The molecule has 1 N–H and O–H groups in total. The Morgan fingerprint density at radius 2 is 1.91 bits per heavy atom. The highest BCUT2D eigenvalue weighted by Crippen LogP contribution is 2.34. The number of pyridine rings is 1. The molecule has 1 aromatic rings. The first-order valence-electron chi connectivity index (χ1n) is 8.44. The highest BCUT2D eigenvalue weighted by atomic mass is 16.5. The predicted molar refractivity (Wildman–Crippen MR) is 88.0 cm³/mol. The Bertz CT molecular complexity index is 589. The van der Waals surface area contributed by atoms with Crippen LogP contribution in [0.5, 0.6) is 5.75 Å². The molecule has 0 fully saturated rings. The van der Waals surface area contributed by atoms with Crippen molar-refractivity contribution in [3.8, 4) is 5.75 Å². The van der Waals surface area contributed by atoms with Gasteiger partial charge < -0.3 is 9.72 Å². The number of aromatic amines is 1. The molecule has 0 radical (unpaired) electrons. The number of carbonyl (C=O) groups is 1. The van der Waals surface area contributed by atoms with Gasteiger partial charge in [0.1, 0.15) is 0 Å². The molecule has 1 atom stereocenters. The van der Waals surface area contributed by atoms with Crippen LogP contribution in [0.4, 0.5) is 0 Å². The number of ether oxygens (including phenoxy) is 1. The van der Waals surface area contributed by atoms with E-state index in [9.17, 15) is 9.59 Å². The van der Waals surface area contributed by atoms with Crippen LogP contribution in [0.2, 0.25) is 0 Å². The van der Waals surface area contributed by atoms with Gasteiger partial charge in [-0.1, -0.05) is 39.0 Å². The fourth-order valence-corrected chi connectivity index (χ4v) is 3.43. The maximum absolute atomic E-state index is 12.7. The summed E-state index contributed by atoms with van der Waals surface area (Å²) in [5.41, 5.74) is 1.73. The van der Waals surface area contributed by atoms with E-state index in [1.807, 2.05) is 0 Å². The molecule has 0 saturated heterocycles. The van der Waals surface area contributed by atoms with Crippen molar-refractivity contribution < 1.29 is 9.53 Å². The minimum absolute atomic E-state index is 0.0556. The minimum atomic E-state index is -0.0969.